The van der Waals surface area contributed by atoms with Gasteiger partial charge in [-0.3, -0.25) is 4.79 Å². The highest BCUT2D eigenvalue weighted by molar-refractivity contribution is 7.16. The molecule has 1 aliphatic carbocycles. The number of rotatable bonds is 7. The van der Waals surface area contributed by atoms with Crippen LogP contribution in [0, 0.1) is 17.2 Å². The van der Waals surface area contributed by atoms with Crippen LogP contribution < -0.4 is 10.1 Å². The zero-order valence-electron chi connectivity index (χ0n) is 17.6. The van der Waals surface area contributed by atoms with Gasteiger partial charge in [0.2, 0.25) is 17.6 Å². The summed E-state index contributed by atoms with van der Waals surface area (Å²) in [5.74, 6) is 2.30. The van der Waals surface area contributed by atoms with Crippen LogP contribution in [-0.4, -0.2) is 23.2 Å². The standard InChI is InChI=1S/C23H24N4O3S/c1-14-6-11-17-18(13-24)23(31-19(17)12-14)25-20(28)4-3-5-21-26-22(27-30-21)15-7-9-16(29-2)10-8-15/h7-10,14H,3-6,11-12H2,1-2H3,(H,25,28). The Morgan fingerprint density at radius 2 is 2.19 bits per heavy atom. The van der Waals surface area contributed by atoms with Crippen LogP contribution in [0.5, 0.6) is 5.75 Å². The SMILES string of the molecule is COc1ccc(-c2noc(CCCC(=O)Nc3sc4c(c3C#N)CCC(C)C4)n2)cc1. The van der Waals surface area contributed by atoms with Crippen LogP contribution in [0.1, 0.15) is 48.1 Å². The number of benzene rings is 1. The Morgan fingerprint density at radius 1 is 1.39 bits per heavy atom. The van der Waals surface area contributed by atoms with Crippen molar-refractivity contribution in [3.8, 4) is 23.2 Å². The van der Waals surface area contributed by atoms with Crippen LogP contribution in [0.2, 0.25) is 0 Å². The number of methoxy groups -OCH3 is 1. The van der Waals surface area contributed by atoms with Crippen molar-refractivity contribution < 1.29 is 14.1 Å². The molecule has 4 rings (SSSR count). The molecule has 8 heteroatoms. The number of thiophene rings is 1. The van der Waals surface area contributed by atoms with Crippen molar-refractivity contribution >= 4 is 22.2 Å². The first-order valence-corrected chi connectivity index (χ1v) is 11.2. The molecule has 1 unspecified atom stereocenters. The van der Waals surface area contributed by atoms with E-state index in [1.165, 1.54) is 4.88 Å². The number of aromatic nitrogens is 2. The maximum Gasteiger partial charge on any atom is 0.226 e. The number of amides is 1. The summed E-state index contributed by atoms with van der Waals surface area (Å²) in [6.45, 7) is 2.23. The molecule has 1 N–H and O–H groups in total. The van der Waals surface area contributed by atoms with Crippen molar-refractivity contribution in [2.45, 2.75) is 45.4 Å². The molecule has 2 aromatic heterocycles. The summed E-state index contributed by atoms with van der Waals surface area (Å²) in [7, 11) is 1.62. The fourth-order valence-electron chi connectivity index (χ4n) is 3.76. The third kappa shape index (κ3) is 4.78. The van der Waals surface area contributed by atoms with E-state index >= 15 is 0 Å². The maximum atomic E-state index is 12.4. The number of carbonyl (C=O) groups excluding carboxylic acids is 1. The van der Waals surface area contributed by atoms with Gasteiger partial charge in [0.1, 0.15) is 16.8 Å². The number of hydrogen-bond donors (Lipinski definition) is 1. The third-order valence-corrected chi connectivity index (χ3v) is 6.66. The summed E-state index contributed by atoms with van der Waals surface area (Å²) in [4.78, 5) is 18.1. The molecule has 31 heavy (non-hydrogen) atoms. The number of ether oxygens (including phenoxy) is 1. The molecule has 0 aliphatic heterocycles. The van der Waals surface area contributed by atoms with E-state index in [2.05, 4.69) is 28.5 Å². The Morgan fingerprint density at radius 3 is 2.94 bits per heavy atom. The molecule has 0 fully saturated rings. The molecule has 1 aliphatic rings. The van der Waals surface area contributed by atoms with E-state index in [4.69, 9.17) is 9.26 Å². The van der Waals surface area contributed by atoms with Gasteiger partial charge in [0.05, 0.1) is 12.7 Å². The van der Waals surface area contributed by atoms with Crippen molar-refractivity contribution in [2.75, 3.05) is 12.4 Å². The molecular weight excluding hydrogens is 412 g/mol. The Hall–Kier alpha value is -3.18. The van der Waals surface area contributed by atoms with E-state index in [9.17, 15) is 10.1 Å². The topological polar surface area (TPSA) is 101 Å². The second-order valence-electron chi connectivity index (χ2n) is 7.81. The van der Waals surface area contributed by atoms with Crippen LogP contribution in [0.4, 0.5) is 5.00 Å². The van der Waals surface area contributed by atoms with E-state index in [-0.39, 0.29) is 5.91 Å². The minimum atomic E-state index is -0.0990. The summed E-state index contributed by atoms with van der Waals surface area (Å²) >= 11 is 1.55. The van der Waals surface area contributed by atoms with E-state index in [0.29, 0.717) is 47.5 Å². The first-order valence-electron chi connectivity index (χ1n) is 10.4. The first-order chi connectivity index (χ1) is 15.1. The highest BCUT2D eigenvalue weighted by atomic mass is 32.1. The van der Waals surface area contributed by atoms with E-state index in [1.54, 1.807) is 18.4 Å². The molecule has 1 atom stereocenters. The second-order valence-corrected chi connectivity index (χ2v) is 8.91. The zero-order valence-corrected chi connectivity index (χ0v) is 18.4. The number of aryl methyl sites for hydroxylation is 1. The first kappa shape index (κ1) is 21.1. The van der Waals surface area contributed by atoms with Crippen molar-refractivity contribution in [3.63, 3.8) is 0 Å². The molecule has 7 nitrogen and oxygen atoms in total. The van der Waals surface area contributed by atoms with E-state index in [1.807, 2.05) is 24.3 Å². The molecule has 1 aromatic carbocycles. The van der Waals surface area contributed by atoms with Crippen molar-refractivity contribution in [3.05, 3.63) is 46.2 Å². The fraction of sp³-hybridized carbons (Fsp3) is 0.391. The van der Waals surface area contributed by atoms with Crippen molar-refractivity contribution in [2.24, 2.45) is 5.92 Å². The van der Waals surface area contributed by atoms with Crippen LogP contribution in [-0.2, 0) is 24.1 Å². The van der Waals surface area contributed by atoms with Gasteiger partial charge in [-0.15, -0.1) is 11.3 Å². The smallest absolute Gasteiger partial charge is 0.226 e. The number of hydrogen-bond acceptors (Lipinski definition) is 7. The Kier molecular flexibility index (Phi) is 6.33. The van der Waals surface area contributed by atoms with Crippen molar-refractivity contribution in [1.29, 1.82) is 5.26 Å². The Balaban J connectivity index is 1.31. The maximum absolute atomic E-state index is 12.4. The molecule has 0 bridgehead atoms. The molecule has 1 amide bonds. The molecule has 0 saturated heterocycles. The van der Waals surface area contributed by atoms with Gasteiger partial charge in [0, 0.05) is 23.3 Å². The number of carbonyl (C=O) groups is 1. The fourth-order valence-corrected chi connectivity index (χ4v) is 5.14. The van der Waals surface area contributed by atoms with Gasteiger partial charge in [0.25, 0.3) is 0 Å². The lowest BCUT2D eigenvalue weighted by atomic mass is 9.88. The van der Waals surface area contributed by atoms with E-state index < -0.39 is 0 Å². The van der Waals surface area contributed by atoms with Gasteiger partial charge >= 0.3 is 0 Å². The summed E-state index contributed by atoms with van der Waals surface area (Å²) in [6.07, 6.45) is 4.41. The highest BCUT2D eigenvalue weighted by Crippen LogP contribution is 2.39. The molecule has 3 aromatic rings. The minimum absolute atomic E-state index is 0.0990. The van der Waals surface area contributed by atoms with Gasteiger partial charge in [-0.05, 0) is 61.4 Å². The van der Waals surface area contributed by atoms with Gasteiger partial charge in [-0.1, -0.05) is 12.1 Å². The number of nitriles is 1. The molecule has 0 saturated carbocycles. The zero-order chi connectivity index (χ0) is 21.8. The van der Waals surface area contributed by atoms with Crippen molar-refractivity contribution in [1.82, 2.24) is 10.1 Å². The minimum Gasteiger partial charge on any atom is -0.497 e. The molecule has 160 valence electrons. The monoisotopic (exact) mass is 436 g/mol. The molecule has 2 heterocycles. The number of fused-ring (bicyclic) bond motifs is 1. The van der Waals surface area contributed by atoms with Gasteiger partial charge < -0.3 is 14.6 Å². The van der Waals surface area contributed by atoms with Crippen LogP contribution >= 0.6 is 11.3 Å². The summed E-state index contributed by atoms with van der Waals surface area (Å²) < 4.78 is 10.5. The quantitative estimate of drug-likeness (QED) is 0.573. The lowest BCUT2D eigenvalue weighted by Crippen LogP contribution is -2.12. The lowest BCUT2D eigenvalue weighted by Gasteiger charge is -2.17. The lowest BCUT2D eigenvalue weighted by molar-refractivity contribution is -0.116. The number of nitrogens with zero attached hydrogens (tertiary/aromatic N) is 3. The average Bonchev–Trinajstić information content (AvgIpc) is 3.37. The Bertz CT molecular complexity index is 1110. The normalized spacial score (nSPS) is 15.2. The predicted octanol–water partition coefficient (Wildman–Crippen LogP) is 4.76. The van der Waals surface area contributed by atoms with Gasteiger partial charge in [-0.2, -0.15) is 10.2 Å². The van der Waals surface area contributed by atoms with Crippen LogP contribution in [0.25, 0.3) is 11.4 Å². The van der Waals surface area contributed by atoms with Gasteiger partial charge in [0.15, 0.2) is 0 Å². The highest BCUT2D eigenvalue weighted by Gasteiger charge is 2.24. The summed E-state index contributed by atoms with van der Waals surface area (Å²) in [5.41, 5.74) is 2.60. The number of anilines is 1. The number of nitrogens with one attached hydrogen (secondary N) is 1. The summed E-state index contributed by atoms with van der Waals surface area (Å²) in [5, 5.41) is 17.2. The van der Waals surface area contributed by atoms with Gasteiger partial charge in [-0.25, -0.2) is 0 Å². The summed E-state index contributed by atoms with van der Waals surface area (Å²) in [6, 6.07) is 9.71. The second kappa shape index (κ2) is 9.31. The molecular formula is C23H24N4O3S. The van der Waals surface area contributed by atoms with Crippen LogP contribution in [0.3, 0.4) is 0 Å². The van der Waals surface area contributed by atoms with Crippen LogP contribution in [0.15, 0.2) is 28.8 Å². The average molecular weight is 437 g/mol. The molecule has 0 spiro atoms. The predicted molar refractivity (Wildman–Crippen MR) is 118 cm³/mol. The molecule has 0 radical (unpaired) electrons. The third-order valence-electron chi connectivity index (χ3n) is 5.49. The van der Waals surface area contributed by atoms with E-state index in [0.717, 1.165) is 36.1 Å². The largest absolute Gasteiger partial charge is 0.497 e. The Labute approximate surface area is 185 Å².